The minimum absolute atomic E-state index is 0.651. The second-order valence-corrected chi connectivity index (χ2v) is 5.92. The van der Waals surface area contributed by atoms with Crippen LogP contribution in [0.4, 0.5) is 0 Å². The van der Waals surface area contributed by atoms with Gasteiger partial charge in [0.15, 0.2) is 0 Å². The van der Waals surface area contributed by atoms with E-state index < -0.39 is 0 Å². The van der Waals surface area contributed by atoms with E-state index in [-0.39, 0.29) is 0 Å². The molecule has 1 rings (SSSR count). The van der Waals surface area contributed by atoms with E-state index in [2.05, 4.69) is 38.0 Å². The summed E-state index contributed by atoms with van der Waals surface area (Å²) in [6.07, 6.45) is 3.65. The molecule has 1 N–H and O–H groups in total. The van der Waals surface area contributed by atoms with Gasteiger partial charge in [-0.25, -0.2) is 0 Å². The molecule has 0 aromatic heterocycles. The molecule has 0 amide bonds. The second kappa shape index (κ2) is 8.89. The standard InChI is InChI=1S/C15H32N2O/c1-5-8-16-15-7-9-18-12-14(15)11-17(4)10-13(3)6-2/h13-16H,5-12H2,1-4H3. The first-order chi connectivity index (χ1) is 8.67. The van der Waals surface area contributed by atoms with Crippen LogP contribution in [0.25, 0.3) is 0 Å². The normalized spacial score (nSPS) is 26.5. The van der Waals surface area contributed by atoms with Gasteiger partial charge in [0.25, 0.3) is 0 Å². The van der Waals surface area contributed by atoms with Gasteiger partial charge in [-0.2, -0.15) is 0 Å². The molecule has 0 saturated carbocycles. The summed E-state index contributed by atoms with van der Waals surface area (Å²) in [6.45, 7) is 12.2. The van der Waals surface area contributed by atoms with Crippen molar-refractivity contribution in [2.24, 2.45) is 11.8 Å². The van der Waals surface area contributed by atoms with Crippen LogP contribution in [-0.2, 0) is 4.74 Å². The van der Waals surface area contributed by atoms with E-state index in [4.69, 9.17) is 4.74 Å². The van der Waals surface area contributed by atoms with Crippen LogP contribution in [0.15, 0.2) is 0 Å². The highest BCUT2D eigenvalue weighted by atomic mass is 16.5. The summed E-state index contributed by atoms with van der Waals surface area (Å²) in [5.74, 6) is 1.45. The first-order valence-electron chi connectivity index (χ1n) is 7.67. The topological polar surface area (TPSA) is 24.5 Å². The molecule has 0 bridgehead atoms. The van der Waals surface area contributed by atoms with Crippen molar-refractivity contribution >= 4 is 0 Å². The zero-order valence-electron chi connectivity index (χ0n) is 12.7. The fraction of sp³-hybridized carbons (Fsp3) is 1.00. The monoisotopic (exact) mass is 256 g/mol. The summed E-state index contributed by atoms with van der Waals surface area (Å²) in [4.78, 5) is 2.48. The Labute approximate surface area is 113 Å². The van der Waals surface area contributed by atoms with Crippen molar-refractivity contribution in [3.63, 3.8) is 0 Å². The third kappa shape index (κ3) is 5.68. The third-order valence-electron chi connectivity index (χ3n) is 4.00. The van der Waals surface area contributed by atoms with E-state index >= 15 is 0 Å². The molecular formula is C15H32N2O. The van der Waals surface area contributed by atoms with Gasteiger partial charge >= 0.3 is 0 Å². The predicted molar refractivity (Wildman–Crippen MR) is 78.0 cm³/mol. The molecule has 0 aliphatic carbocycles. The van der Waals surface area contributed by atoms with Gasteiger partial charge in [-0.15, -0.1) is 0 Å². The average Bonchev–Trinajstić information content (AvgIpc) is 2.37. The molecule has 0 spiro atoms. The average molecular weight is 256 g/mol. The molecule has 3 unspecified atom stereocenters. The lowest BCUT2D eigenvalue weighted by Crippen LogP contribution is -2.47. The van der Waals surface area contributed by atoms with Crippen LogP contribution in [0.3, 0.4) is 0 Å². The number of rotatable bonds is 8. The zero-order valence-corrected chi connectivity index (χ0v) is 12.7. The van der Waals surface area contributed by atoms with Gasteiger partial charge in [-0.3, -0.25) is 0 Å². The smallest absolute Gasteiger partial charge is 0.0521 e. The highest BCUT2D eigenvalue weighted by molar-refractivity contribution is 4.81. The predicted octanol–water partition coefficient (Wildman–Crippen LogP) is 2.37. The van der Waals surface area contributed by atoms with E-state index in [1.54, 1.807) is 0 Å². The zero-order chi connectivity index (χ0) is 13.4. The maximum Gasteiger partial charge on any atom is 0.0521 e. The van der Waals surface area contributed by atoms with Crippen molar-refractivity contribution in [3.8, 4) is 0 Å². The van der Waals surface area contributed by atoms with Gasteiger partial charge in [0, 0.05) is 31.7 Å². The van der Waals surface area contributed by atoms with Crippen molar-refractivity contribution in [2.45, 2.75) is 46.1 Å². The molecule has 18 heavy (non-hydrogen) atoms. The van der Waals surface area contributed by atoms with Crippen LogP contribution < -0.4 is 5.32 Å². The molecule has 0 aromatic rings. The van der Waals surface area contributed by atoms with Crippen LogP contribution in [-0.4, -0.2) is 50.8 Å². The summed E-state index contributed by atoms with van der Waals surface area (Å²) in [6, 6.07) is 0.651. The van der Waals surface area contributed by atoms with Crippen molar-refractivity contribution in [1.29, 1.82) is 0 Å². The van der Waals surface area contributed by atoms with Gasteiger partial charge in [0.05, 0.1) is 6.61 Å². The molecular weight excluding hydrogens is 224 g/mol. The Morgan fingerprint density at radius 1 is 1.39 bits per heavy atom. The Balaban J connectivity index is 2.35. The molecule has 1 heterocycles. The highest BCUT2D eigenvalue weighted by Crippen LogP contribution is 2.17. The van der Waals surface area contributed by atoms with Crippen LogP contribution >= 0.6 is 0 Å². The number of ether oxygens (including phenoxy) is 1. The molecule has 1 saturated heterocycles. The minimum atomic E-state index is 0.651. The maximum absolute atomic E-state index is 5.66. The Bertz CT molecular complexity index is 211. The lowest BCUT2D eigenvalue weighted by molar-refractivity contribution is 0.0184. The molecule has 3 nitrogen and oxygen atoms in total. The fourth-order valence-corrected chi connectivity index (χ4v) is 2.71. The van der Waals surface area contributed by atoms with Crippen LogP contribution in [0.2, 0.25) is 0 Å². The Morgan fingerprint density at radius 2 is 2.17 bits per heavy atom. The quantitative estimate of drug-likeness (QED) is 0.721. The first kappa shape index (κ1) is 15.9. The molecule has 108 valence electrons. The Kier molecular flexibility index (Phi) is 7.87. The Hall–Kier alpha value is -0.120. The minimum Gasteiger partial charge on any atom is -0.381 e. The van der Waals surface area contributed by atoms with Crippen molar-refractivity contribution < 1.29 is 4.74 Å². The SMILES string of the molecule is CCCNC1CCOCC1CN(C)CC(C)CC. The van der Waals surface area contributed by atoms with E-state index in [1.807, 2.05) is 0 Å². The molecule has 0 radical (unpaired) electrons. The van der Waals surface area contributed by atoms with E-state index in [0.717, 1.165) is 32.2 Å². The van der Waals surface area contributed by atoms with Gasteiger partial charge in [0.2, 0.25) is 0 Å². The van der Waals surface area contributed by atoms with Gasteiger partial charge in [-0.1, -0.05) is 27.2 Å². The number of hydrogen-bond donors (Lipinski definition) is 1. The fourth-order valence-electron chi connectivity index (χ4n) is 2.71. The van der Waals surface area contributed by atoms with E-state index in [1.165, 1.54) is 25.8 Å². The molecule has 1 aliphatic rings. The largest absolute Gasteiger partial charge is 0.381 e. The number of nitrogens with zero attached hydrogens (tertiary/aromatic N) is 1. The second-order valence-electron chi connectivity index (χ2n) is 5.92. The molecule has 3 heteroatoms. The highest BCUT2D eigenvalue weighted by Gasteiger charge is 2.26. The van der Waals surface area contributed by atoms with Gasteiger partial charge in [0.1, 0.15) is 0 Å². The maximum atomic E-state index is 5.66. The molecule has 3 atom stereocenters. The third-order valence-corrected chi connectivity index (χ3v) is 4.00. The van der Waals surface area contributed by atoms with E-state index in [0.29, 0.717) is 12.0 Å². The summed E-state index contributed by atoms with van der Waals surface area (Å²) in [5.41, 5.74) is 0. The summed E-state index contributed by atoms with van der Waals surface area (Å²) < 4.78 is 5.66. The van der Waals surface area contributed by atoms with Crippen molar-refractivity contribution in [2.75, 3.05) is 39.9 Å². The van der Waals surface area contributed by atoms with Crippen LogP contribution in [0.1, 0.15) is 40.0 Å². The molecule has 0 aromatic carbocycles. The summed E-state index contributed by atoms with van der Waals surface area (Å²) in [5, 5.41) is 3.69. The van der Waals surface area contributed by atoms with Gasteiger partial charge in [-0.05, 0) is 32.4 Å². The van der Waals surface area contributed by atoms with Crippen molar-refractivity contribution in [1.82, 2.24) is 10.2 Å². The van der Waals surface area contributed by atoms with E-state index in [9.17, 15) is 0 Å². The lowest BCUT2D eigenvalue weighted by Gasteiger charge is -2.35. The summed E-state index contributed by atoms with van der Waals surface area (Å²) in [7, 11) is 2.25. The van der Waals surface area contributed by atoms with Crippen molar-refractivity contribution in [3.05, 3.63) is 0 Å². The Morgan fingerprint density at radius 3 is 2.83 bits per heavy atom. The molecule has 1 fully saturated rings. The lowest BCUT2D eigenvalue weighted by atomic mass is 9.94. The van der Waals surface area contributed by atoms with Gasteiger partial charge < -0.3 is 15.0 Å². The van der Waals surface area contributed by atoms with Crippen LogP contribution in [0.5, 0.6) is 0 Å². The molecule has 1 aliphatic heterocycles. The summed E-state index contributed by atoms with van der Waals surface area (Å²) >= 11 is 0. The number of hydrogen-bond acceptors (Lipinski definition) is 3. The number of nitrogens with one attached hydrogen (secondary N) is 1. The first-order valence-corrected chi connectivity index (χ1v) is 7.67. The van der Waals surface area contributed by atoms with Crippen LogP contribution in [0, 0.1) is 11.8 Å².